The third kappa shape index (κ3) is 3.29. The van der Waals surface area contributed by atoms with E-state index in [1.54, 1.807) is 12.4 Å². The van der Waals surface area contributed by atoms with E-state index in [9.17, 15) is 0 Å². The quantitative estimate of drug-likeness (QED) is 0.857. The molecule has 102 valence electrons. The number of benzene rings is 1. The lowest BCUT2D eigenvalue weighted by Crippen LogP contribution is -2.26. The maximum absolute atomic E-state index is 4.40. The predicted octanol–water partition coefficient (Wildman–Crippen LogP) is 3.72. The van der Waals surface area contributed by atoms with E-state index in [1.807, 2.05) is 0 Å². The molecule has 1 aromatic heterocycles. The van der Waals surface area contributed by atoms with Crippen LogP contribution < -0.4 is 5.32 Å². The highest BCUT2D eigenvalue weighted by Crippen LogP contribution is 2.27. The van der Waals surface area contributed by atoms with Crippen molar-refractivity contribution in [1.29, 1.82) is 0 Å². The van der Waals surface area contributed by atoms with Crippen LogP contribution in [0.3, 0.4) is 0 Å². The topological polar surface area (TPSA) is 37.8 Å². The van der Waals surface area contributed by atoms with Gasteiger partial charge in [-0.25, -0.2) is 0 Å². The van der Waals surface area contributed by atoms with Gasteiger partial charge in [-0.1, -0.05) is 33.3 Å². The van der Waals surface area contributed by atoms with Gasteiger partial charge in [-0.05, 0) is 36.6 Å². The van der Waals surface area contributed by atoms with Gasteiger partial charge >= 0.3 is 0 Å². The summed E-state index contributed by atoms with van der Waals surface area (Å²) in [7, 11) is 0. The Morgan fingerprint density at radius 1 is 1.11 bits per heavy atom. The van der Waals surface area contributed by atoms with Crippen molar-refractivity contribution in [2.24, 2.45) is 5.92 Å². The standard InChI is InChI=1S/C16H23N3/c1-4-6-12(3)16(17-5-2)13-7-8-14-15(11-13)19-10-9-18-14/h7-12,16-17H,4-6H2,1-3H3. The van der Waals surface area contributed by atoms with Crippen LogP contribution in [0.2, 0.25) is 0 Å². The predicted molar refractivity (Wildman–Crippen MR) is 80.0 cm³/mol. The van der Waals surface area contributed by atoms with E-state index in [0.717, 1.165) is 17.6 Å². The van der Waals surface area contributed by atoms with Gasteiger partial charge < -0.3 is 5.32 Å². The van der Waals surface area contributed by atoms with Crippen LogP contribution in [0.4, 0.5) is 0 Å². The minimum Gasteiger partial charge on any atom is -0.310 e. The number of nitrogens with one attached hydrogen (secondary N) is 1. The average molecular weight is 257 g/mol. The van der Waals surface area contributed by atoms with Gasteiger partial charge in [0.2, 0.25) is 0 Å². The lowest BCUT2D eigenvalue weighted by atomic mass is 9.90. The molecule has 0 aliphatic rings. The van der Waals surface area contributed by atoms with E-state index in [1.165, 1.54) is 18.4 Å². The second-order valence-electron chi connectivity index (χ2n) is 5.11. The van der Waals surface area contributed by atoms with Crippen molar-refractivity contribution in [3.05, 3.63) is 36.2 Å². The number of fused-ring (bicyclic) bond motifs is 1. The smallest absolute Gasteiger partial charge is 0.0890 e. The first-order valence-electron chi connectivity index (χ1n) is 7.20. The van der Waals surface area contributed by atoms with E-state index in [-0.39, 0.29) is 0 Å². The van der Waals surface area contributed by atoms with Gasteiger partial charge in [0.05, 0.1) is 11.0 Å². The van der Waals surface area contributed by atoms with Crippen molar-refractivity contribution < 1.29 is 0 Å². The monoisotopic (exact) mass is 257 g/mol. The number of hydrogen-bond acceptors (Lipinski definition) is 3. The fourth-order valence-corrected chi connectivity index (χ4v) is 2.66. The summed E-state index contributed by atoms with van der Waals surface area (Å²) in [6.45, 7) is 7.70. The Bertz CT molecular complexity index is 524. The first kappa shape index (κ1) is 13.9. The molecule has 0 amide bonds. The lowest BCUT2D eigenvalue weighted by molar-refractivity contribution is 0.369. The highest BCUT2D eigenvalue weighted by Gasteiger charge is 2.18. The van der Waals surface area contributed by atoms with Crippen molar-refractivity contribution in [3.63, 3.8) is 0 Å². The molecule has 19 heavy (non-hydrogen) atoms. The fourth-order valence-electron chi connectivity index (χ4n) is 2.66. The fraction of sp³-hybridized carbons (Fsp3) is 0.500. The largest absolute Gasteiger partial charge is 0.310 e. The van der Waals surface area contributed by atoms with E-state index in [4.69, 9.17) is 0 Å². The van der Waals surface area contributed by atoms with Crippen molar-refractivity contribution in [2.75, 3.05) is 6.54 Å². The average Bonchev–Trinajstić information content (AvgIpc) is 2.44. The Morgan fingerprint density at radius 3 is 2.53 bits per heavy atom. The van der Waals surface area contributed by atoms with Gasteiger partial charge in [0, 0.05) is 18.4 Å². The molecule has 0 aliphatic carbocycles. The minimum atomic E-state index is 0.399. The Balaban J connectivity index is 2.32. The van der Waals surface area contributed by atoms with E-state index in [2.05, 4.69) is 54.3 Å². The molecule has 2 unspecified atom stereocenters. The van der Waals surface area contributed by atoms with Crippen LogP contribution in [-0.2, 0) is 0 Å². The second kappa shape index (κ2) is 6.62. The van der Waals surface area contributed by atoms with Crippen molar-refractivity contribution in [2.45, 2.75) is 39.7 Å². The summed E-state index contributed by atoms with van der Waals surface area (Å²) in [5.41, 5.74) is 3.26. The summed E-state index contributed by atoms with van der Waals surface area (Å²) in [4.78, 5) is 8.73. The van der Waals surface area contributed by atoms with Crippen LogP contribution in [0.25, 0.3) is 11.0 Å². The zero-order chi connectivity index (χ0) is 13.7. The minimum absolute atomic E-state index is 0.399. The molecule has 2 atom stereocenters. The van der Waals surface area contributed by atoms with Gasteiger partial charge in [-0.3, -0.25) is 9.97 Å². The zero-order valence-electron chi connectivity index (χ0n) is 12.1. The summed E-state index contributed by atoms with van der Waals surface area (Å²) in [6, 6.07) is 6.82. The second-order valence-corrected chi connectivity index (χ2v) is 5.11. The van der Waals surface area contributed by atoms with E-state index in [0.29, 0.717) is 12.0 Å². The normalized spacial score (nSPS) is 14.5. The zero-order valence-corrected chi connectivity index (χ0v) is 12.1. The van der Waals surface area contributed by atoms with Crippen molar-refractivity contribution >= 4 is 11.0 Å². The van der Waals surface area contributed by atoms with Gasteiger partial charge in [-0.2, -0.15) is 0 Å². The molecule has 3 nitrogen and oxygen atoms in total. The molecule has 1 heterocycles. The van der Waals surface area contributed by atoms with Crippen LogP contribution in [0.1, 0.15) is 45.2 Å². The molecule has 0 spiro atoms. The highest BCUT2D eigenvalue weighted by molar-refractivity contribution is 5.74. The Kier molecular flexibility index (Phi) is 4.86. The molecular formula is C16H23N3. The molecule has 0 radical (unpaired) electrons. The SMILES string of the molecule is CCCC(C)C(NCC)c1ccc2nccnc2c1. The summed E-state index contributed by atoms with van der Waals surface area (Å²) in [6.07, 6.45) is 5.94. The molecule has 0 saturated heterocycles. The molecule has 3 heteroatoms. The third-order valence-electron chi connectivity index (χ3n) is 3.59. The summed E-state index contributed by atoms with van der Waals surface area (Å²) in [5.74, 6) is 0.624. The third-order valence-corrected chi connectivity index (χ3v) is 3.59. The summed E-state index contributed by atoms with van der Waals surface area (Å²) >= 11 is 0. The maximum atomic E-state index is 4.40. The van der Waals surface area contributed by atoms with Gasteiger partial charge in [0.25, 0.3) is 0 Å². The highest BCUT2D eigenvalue weighted by atomic mass is 14.9. The molecule has 2 rings (SSSR count). The molecule has 0 bridgehead atoms. The first-order valence-corrected chi connectivity index (χ1v) is 7.20. The summed E-state index contributed by atoms with van der Waals surface area (Å²) < 4.78 is 0. The molecule has 0 aliphatic heterocycles. The van der Waals surface area contributed by atoms with E-state index < -0.39 is 0 Å². The number of aromatic nitrogens is 2. The molecule has 0 fully saturated rings. The molecular weight excluding hydrogens is 234 g/mol. The van der Waals surface area contributed by atoms with Crippen LogP contribution in [-0.4, -0.2) is 16.5 Å². The molecule has 1 N–H and O–H groups in total. The van der Waals surface area contributed by atoms with Gasteiger partial charge in [0.1, 0.15) is 0 Å². The maximum Gasteiger partial charge on any atom is 0.0890 e. The van der Waals surface area contributed by atoms with Crippen molar-refractivity contribution in [1.82, 2.24) is 15.3 Å². The Labute approximate surface area is 115 Å². The van der Waals surface area contributed by atoms with Gasteiger partial charge in [0.15, 0.2) is 0 Å². The molecule has 0 saturated carbocycles. The van der Waals surface area contributed by atoms with Crippen LogP contribution in [0.5, 0.6) is 0 Å². The van der Waals surface area contributed by atoms with E-state index >= 15 is 0 Å². The lowest BCUT2D eigenvalue weighted by Gasteiger charge is -2.25. The van der Waals surface area contributed by atoms with Crippen LogP contribution >= 0.6 is 0 Å². The van der Waals surface area contributed by atoms with Gasteiger partial charge in [-0.15, -0.1) is 0 Å². The molecule has 1 aromatic carbocycles. The Morgan fingerprint density at radius 2 is 1.84 bits per heavy atom. The molecule has 2 aromatic rings. The number of rotatable bonds is 6. The Hall–Kier alpha value is -1.48. The van der Waals surface area contributed by atoms with Crippen LogP contribution in [0, 0.1) is 5.92 Å². The number of hydrogen-bond donors (Lipinski definition) is 1. The number of nitrogens with zero attached hydrogens (tertiary/aromatic N) is 2. The summed E-state index contributed by atoms with van der Waals surface area (Å²) in [5, 5.41) is 3.60. The van der Waals surface area contributed by atoms with Crippen molar-refractivity contribution in [3.8, 4) is 0 Å². The van der Waals surface area contributed by atoms with Crippen LogP contribution in [0.15, 0.2) is 30.6 Å². The first-order chi connectivity index (χ1) is 9.26.